The Morgan fingerprint density at radius 1 is 0.700 bits per heavy atom. The van der Waals surface area contributed by atoms with Crippen LogP contribution in [0.4, 0.5) is 57.1 Å². The second-order valence-electron chi connectivity index (χ2n) is 6.07. The predicted molar refractivity (Wildman–Crippen MR) is 78.7 cm³/mol. The molecule has 0 rings (SSSR count). The van der Waals surface area contributed by atoms with E-state index in [0.717, 1.165) is 0 Å². The molecule has 0 aromatic heterocycles. The molecular weight excluding hydrogens is 479 g/mol. The van der Waals surface area contributed by atoms with Gasteiger partial charge in [0.15, 0.2) is 4.75 Å². The Bertz CT molecular complexity index is 617. The van der Waals surface area contributed by atoms with Gasteiger partial charge in [-0.3, -0.25) is 4.79 Å². The van der Waals surface area contributed by atoms with Gasteiger partial charge in [-0.1, -0.05) is 20.3 Å². The monoisotopic (exact) mass is 494 g/mol. The van der Waals surface area contributed by atoms with Crippen molar-refractivity contribution in [3.05, 3.63) is 0 Å². The lowest BCUT2D eigenvalue weighted by Crippen LogP contribution is -2.73. The Labute approximate surface area is 166 Å². The first-order valence-electron chi connectivity index (χ1n) is 7.90. The fraction of sp³-hybridized carbons (Fsp3) is 0.929. The van der Waals surface area contributed by atoms with Gasteiger partial charge in [0, 0.05) is 0 Å². The van der Waals surface area contributed by atoms with Gasteiger partial charge in [0.05, 0.1) is 6.61 Å². The van der Waals surface area contributed by atoms with Gasteiger partial charge in [-0.25, -0.2) is 0 Å². The minimum absolute atomic E-state index is 0.0344. The molecule has 30 heavy (non-hydrogen) atoms. The number of esters is 1. The second kappa shape index (κ2) is 8.45. The van der Waals surface area contributed by atoms with E-state index in [9.17, 15) is 61.9 Å². The predicted octanol–water partition coefficient (Wildman–Crippen LogP) is 6.15. The summed E-state index contributed by atoms with van der Waals surface area (Å²) in [5.74, 6) is -40.5. The van der Waals surface area contributed by atoms with Crippen LogP contribution in [0.15, 0.2) is 0 Å². The molecule has 0 aliphatic rings. The summed E-state index contributed by atoms with van der Waals surface area (Å²) in [7, 11) is 0. The SMILES string of the molecule is CCCCOC(=O)C(S)(CC)C(F)(F)C(F)(F)C(F)(F)C(F)(F)C(F)(F)C(F)(F)F. The average molecular weight is 494 g/mol. The van der Waals surface area contributed by atoms with Crippen LogP contribution in [-0.4, -0.2) is 53.1 Å². The number of halogens is 13. The first kappa shape index (κ1) is 28.9. The Kier molecular flexibility index (Phi) is 8.14. The summed E-state index contributed by atoms with van der Waals surface area (Å²) in [6, 6.07) is 0. The molecule has 0 aliphatic carbocycles. The zero-order valence-electron chi connectivity index (χ0n) is 15.0. The maximum Gasteiger partial charge on any atom is 0.460 e. The van der Waals surface area contributed by atoms with Crippen LogP contribution < -0.4 is 0 Å². The third kappa shape index (κ3) is 4.04. The van der Waals surface area contributed by atoms with Crippen molar-refractivity contribution in [2.24, 2.45) is 0 Å². The van der Waals surface area contributed by atoms with E-state index in [-0.39, 0.29) is 12.8 Å². The Hall–Kier alpha value is -1.09. The summed E-state index contributed by atoms with van der Waals surface area (Å²) >= 11 is 2.85. The number of carbonyl (C=O) groups is 1. The summed E-state index contributed by atoms with van der Waals surface area (Å²) in [5, 5.41) is 0. The largest absolute Gasteiger partial charge is 0.464 e. The summed E-state index contributed by atoms with van der Waals surface area (Å²) in [4.78, 5) is 11.7. The number of thiol groups is 1. The Balaban J connectivity index is 6.49. The van der Waals surface area contributed by atoms with Gasteiger partial charge in [-0.05, 0) is 12.8 Å². The number of unbranched alkanes of at least 4 members (excludes halogenated alkanes) is 1. The van der Waals surface area contributed by atoms with Gasteiger partial charge in [-0.15, -0.1) is 0 Å². The van der Waals surface area contributed by atoms with Crippen LogP contribution in [0.1, 0.15) is 33.1 Å². The molecule has 0 N–H and O–H groups in total. The third-order valence-electron chi connectivity index (χ3n) is 4.03. The van der Waals surface area contributed by atoms with Crippen LogP contribution >= 0.6 is 12.6 Å². The van der Waals surface area contributed by atoms with Crippen molar-refractivity contribution in [1.29, 1.82) is 0 Å². The molecule has 0 amide bonds. The van der Waals surface area contributed by atoms with Crippen LogP contribution in [0.25, 0.3) is 0 Å². The molecule has 0 bridgehead atoms. The highest BCUT2D eigenvalue weighted by Crippen LogP contribution is 2.62. The molecule has 0 saturated carbocycles. The highest BCUT2D eigenvalue weighted by Gasteiger charge is 2.92. The summed E-state index contributed by atoms with van der Waals surface area (Å²) in [6.07, 6.45) is -8.86. The molecule has 0 spiro atoms. The normalized spacial score (nSPS) is 16.9. The minimum Gasteiger partial charge on any atom is -0.464 e. The van der Waals surface area contributed by atoms with Crippen LogP contribution in [0.5, 0.6) is 0 Å². The molecule has 0 aliphatic heterocycles. The molecule has 0 saturated heterocycles. The van der Waals surface area contributed by atoms with Gasteiger partial charge < -0.3 is 4.74 Å². The van der Waals surface area contributed by atoms with Crippen LogP contribution in [0.3, 0.4) is 0 Å². The molecular formula is C14H15F13O2S. The van der Waals surface area contributed by atoms with E-state index in [1.54, 1.807) is 0 Å². The smallest absolute Gasteiger partial charge is 0.460 e. The maximum atomic E-state index is 14.3. The quantitative estimate of drug-likeness (QED) is 0.171. The van der Waals surface area contributed by atoms with E-state index in [0.29, 0.717) is 6.92 Å². The van der Waals surface area contributed by atoms with Crippen molar-refractivity contribution < 1.29 is 66.6 Å². The fourth-order valence-corrected chi connectivity index (χ4v) is 2.16. The van der Waals surface area contributed by atoms with Gasteiger partial charge in [-0.2, -0.15) is 69.7 Å². The van der Waals surface area contributed by atoms with Crippen molar-refractivity contribution >= 4 is 18.6 Å². The average Bonchev–Trinajstić information content (AvgIpc) is 2.59. The molecule has 0 aromatic rings. The van der Waals surface area contributed by atoms with E-state index < -0.39 is 59.5 Å². The number of alkyl halides is 13. The standard InChI is InChI=1S/C14H15F13O2S/c1-3-5-6-29-7(28)8(30,4-2)9(15,16)10(17,18)11(19,20)12(21,22)13(23,24)14(25,26)27/h30H,3-6H2,1-2H3. The number of hydrogen-bond acceptors (Lipinski definition) is 3. The van der Waals surface area contributed by atoms with Crippen molar-refractivity contribution in [2.45, 2.75) is 73.6 Å². The lowest BCUT2D eigenvalue weighted by atomic mass is 9.85. The number of hydrogen-bond donors (Lipinski definition) is 1. The molecule has 1 atom stereocenters. The van der Waals surface area contributed by atoms with E-state index >= 15 is 0 Å². The van der Waals surface area contributed by atoms with Crippen molar-refractivity contribution in [3.8, 4) is 0 Å². The first-order chi connectivity index (χ1) is 13.0. The van der Waals surface area contributed by atoms with E-state index in [4.69, 9.17) is 0 Å². The molecule has 1 unspecified atom stereocenters. The highest BCUT2D eigenvalue weighted by atomic mass is 32.1. The van der Waals surface area contributed by atoms with Crippen molar-refractivity contribution in [3.63, 3.8) is 0 Å². The van der Waals surface area contributed by atoms with Gasteiger partial charge >= 0.3 is 41.8 Å². The maximum absolute atomic E-state index is 14.3. The zero-order valence-corrected chi connectivity index (χ0v) is 15.9. The Morgan fingerprint density at radius 3 is 1.40 bits per heavy atom. The first-order valence-corrected chi connectivity index (χ1v) is 8.34. The van der Waals surface area contributed by atoms with E-state index in [1.165, 1.54) is 6.92 Å². The molecule has 0 aromatic carbocycles. The summed E-state index contributed by atoms with van der Waals surface area (Å²) < 4.78 is 172. The molecule has 2 nitrogen and oxygen atoms in total. The molecule has 16 heteroatoms. The fourth-order valence-electron chi connectivity index (χ4n) is 1.95. The number of carbonyl (C=O) groups excluding carboxylic acids is 1. The summed E-state index contributed by atoms with van der Waals surface area (Å²) in [6.45, 7) is 1.27. The minimum atomic E-state index is -8.04. The number of ether oxygens (including phenoxy) is 1. The van der Waals surface area contributed by atoms with Gasteiger partial charge in [0.2, 0.25) is 0 Å². The molecule has 0 fully saturated rings. The van der Waals surface area contributed by atoms with Gasteiger partial charge in [0.25, 0.3) is 0 Å². The third-order valence-corrected chi connectivity index (χ3v) is 4.81. The molecule has 0 radical (unpaired) electrons. The molecule has 180 valence electrons. The molecule has 0 heterocycles. The van der Waals surface area contributed by atoms with E-state index in [2.05, 4.69) is 17.4 Å². The zero-order chi connectivity index (χ0) is 24.6. The summed E-state index contributed by atoms with van der Waals surface area (Å²) in [5.41, 5.74) is 0. The highest BCUT2D eigenvalue weighted by molar-refractivity contribution is 7.82. The van der Waals surface area contributed by atoms with Crippen molar-refractivity contribution in [2.75, 3.05) is 6.61 Å². The van der Waals surface area contributed by atoms with Crippen molar-refractivity contribution in [1.82, 2.24) is 0 Å². The van der Waals surface area contributed by atoms with Gasteiger partial charge in [0.1, 0.15) is 0 Å². The second-order valence-corrected chi connectivity index (χ2v) is 6.84. The van der Waals surface area contributed by atoms with Crippen LogP contribution in [-0.2, 0) is 9.53 Å². The van der Waals surface area contributed by atoms with Crippen LogP contribution in [0, 0.1) is 0 Å². The number of rotatable bonds is 10. The lowest BCUT2D eigenvalue weighted by molar-refractivity contribution is -0.441. The van der Waals surface area contributed by atoms with E-state index in [1.807, 2.05) is 0 Å². The van der Waals surface area contributed by atoms with Crippen LogP contribution in [0.2, 0.25) is 0 Å². The lowest BCUT2D eigenvalue weighted by Gasteiger charge is -2.43. The Morgan fingerprint density at radius 2 is 1.07 bits per heavy atom. The topological polar surface area (TPSA) is 26.3 Å².